The Morgan fingerprint density at radius 2 is 1.79 bits per heavy atom. The van der Waals surface area contributed by atoms with E-state index >= 15 is 0 Å². The molecule has 0 amide bonds. The van der Waals surface area contributed by atoms with Crippen molar-refractivity contribution < 1.29 is 4.42 Å². The molecule has 1 aromatic carbocycles. The molecule has 0 fully saturated rings. The summed E-state index contributed by atoms with van der Waals surface area (Å²) in [6, 6.07) is 14.6. The molecular formula is C14H8BrN3O. The third-order valence-corrected chi connectivity index (χ3v) is 2.79. The van der Waals surface area contributed by atoms with E-state index < -0.39 is 0 Å². The molecule has 2 rings (SSSR count). The maximum absolute atomic E-state index is 8.65. The molecule has 2 aromatic rings. The van der Waals surface area contributed by atoms with Gasteiger partial charge in [0.15, 0.2) is 5.88 Å². The lowest BCUT2D eigenvalue weighted by atomic mass is 10.3. The number of hydrogen-bond acceptors (Lipinski definition) is 4. The first-order chi connectivity index (χ1) is 9.21. The lowest BCUT2D eigenvalue weighted by molar-refractivity contribution is 0.574. The van der Waals surface area contributed by atoms with Crippen molar-refractivity contribution in [1.29, 1.82) is 10.5 Å². The minimum Gasteiger partial charge on any atom is -0.441 e. The number of anilines is 2. The SMILES string of the molecule is N#CC(C#N)=Cc1ccc(Nc2ccc(Br)cc2)o1. The molecule has 1 N–H and O–H groups in total. The number of nitrogens with zero attached hydrogens (tertiary/aromatic N) is 2. The van der Waals surface area contributed by atoms with Gasteiger partial charge >= 0.3 is 0 Å². The van der Waals surface area contributed by atoms with Gasteiger partial charge in [0, 0.05) is 22.3 Å². The van der Waals surface area contributed by atoms with Crippen LogP contribution < -0.4 is 5.32 Å². The van der Waals surface area contributed by atoms with Crippen LogP contribution in [0.1, 0.15) is 5.76 Å². The average Bonchev–Trinajstić information content (AvgIpc) is 2.86. The fraction of sp³-hybridized carbons (Fsp3) is 0. The standard InChI is InChI=1S/C14H8BrN3O/c15-11-1-3-12(4-2-11)18-14-6-5-13(19-14)7-10(8-16)9-17/h1-7,18H. The molecule has 92 valence electrons. The van der Waals surface area contributed by atoms with Gasteiger partial charge in [-0.3, -0.25) is 0 Å². The van der Waals surface area contributed by atoms with Crippen molar-refractivity contribution in [3.8, 4) is 12.1 Å². The Bertz CT molecular complexity index is 671. The quantitative estimate of drug-likeness (QED) is 0.861. The Balaban J connectivity index is 2.14. The Kier molecular flexibility index (Phi) is 4.02. The Morgan fingerprint density at radius 1 is 1.11 bits per heavy atom. The minimum atomic E-state index is 0.00421. The zero-order chi connectivity index (χ0) is 13.7. The summed E-state index contributed by atoms with van der Waals surface area (Å²) in [5, 5.41) is 20.4. The van der Waals surface area contributed by atoms with Crippen molar-refractivity contribution in [2.45, 2.75) is 0 Å². The van der Waals surface area contributed by atoms with Crippen LogP contribution in [-0.2, 0) is 0 Å². The molecule has 5 heteroatoms. The largest absolute Gasteiger partial charge is 0.441 e. The first-order valence-corrected chi connectivity index (χ1v) is 6.15. The molecular weight excluding hydrogens is 306 g/mol. The number of benzene rings is 1. The summed E-state index contributed by atoms with van der Waals surface area (Å²) in [4.78, 5) is 0. The van der Waals surface area contributed by atoms with Gasteiger partial charge in [0.1, 0.15) is 23.5 Å². The highest BCUT2D eigenvalue weighted by Gasteiger charge is 2.02. The first-order valence-electron chi connectivity index (χ1n) is 5.35. The number of rotatable bonds is 3. The van der Waals surface area contributed by atoms with Crippen molar-refractivity contribution in [3.05, 3.63) is 52.2 Å². The van der Waals surface area contributed by atoms with Gasteiger partial charge in [-0.2, -0.15) is 10.5 Å². The predicted octanol–water partition coefficient (Wildman–Crippen LogP) is 4.22. The topological polar surface area (TPSA) is 72.8 Å². The van der Waals surface area contributed by atoms with Crippen LogP contribution in [0.2, 0.25) is 0 Å². The summed E-state index contributed by atoms with van der Waals surface area (Å²) >= 11 is 3.36. The molecule has 0 radical (unpaired) electrons. The number of hydrogen-bond donors (Lipinski definition) is 1. The second-order valence-electron chi connectivity index (χ2n) is 3.62. The van der Waals surface area contributed by atoms with E-state index in [2.05, 4.69) is 21.2 Å². The van der Waals surface area contributed by atoms with Gasteiger partial charge in [-0.1, -0.05) is 15.9 Å². The molecule has 0 spiro atoms. The summed E-state index contributed by atoms with van der Waals surface area (Å²) in [6.45, 7) is 0. The summed E-state index contributed by atoms with van der Waals surface area (Å²) in [5.74, 6) is 1.00. The number of halogens is 1. The van der Waals surface area contributed by atoms with E-state index in [9.17, 15) is 0 Å². The van der Waals surface area contributed by atoms with Crippen molar-refractivity contribution in [2.24, 2.45) is 0 Å². The number of nitriles is 2. The van der Waals surface area contributed by atoms with Crippen LogP contribution in [0.25, 0.3) is 6.08 Å². The van der Waals surface area contributed by atoms with E-state index in [1.807, 2.05) is 24.3 Å². The highest BCUT2D eigenvalue weighted by atomic mass is 79.9. The molecule has 0 bridgehead atoms. The summed E-state index contributed by atoms with van der Waals surface area (Å²) in [5.41, 5.74) is 0.887. The third kappa shape index (κ3) is 3.48. The lowest BCUT2D eigenvalue weighted by Crippen LogP contribution is -1.86. The normalized spacial score (nSPS) is 9.21. The fourth-order valence-corrected chi connectivity index (χ4v) is 1.67. The van der Waals surface area contributed by atoms with Crippen LogP contribution in [0.5, 0.6) is 0 Å². The average molecular weight is 314 g/mol. The fourth-order valence-electron chi connectivity index (χ4n) is 1.40. The van der Waals surface area contributed by atoms with Crippen LogP contribution >= 0.6 is 15.9 Å². The number of nitrogens with one attached hydrogen (secondary N) is 1. The van der Waals surface area contributed by atoms with Gasteiger partial charge in [-0.25, -0.2) is 0 Å². The zero-order valence-corrected chi connectivity index (χ0v) is 11.3. The van der Waals surface area contributed by atoms with E-state index in [0.29, 0.717) is 11.6 Å². The minimum absolute atomic E-state index is 0.00421. The van der Waals surface area contributed by atoms with Gasteiger partial charge in [0.05, 0.1) is 0 Å². The van der Waals surface area contributed by atoms with Gasteiger partial charge < -0.3 is 9.73 Å². The van der Waals surface area contributed by atoms with Crippen LogP contribution in [0.4, 0.5) is 11.6 Å². The van der Waals surface area contributed by atoms with Crippen molar-refractivity contribution in [2.75, 3.05) is 5.32 Å². The summed E-state index contributed by atoms with van der Waals surface area (Å²) in [7, 11) is 0. The van der Waals surface area contributed by atoms with Gasteiger partial charge in [0.25, 0.3) is 0 Å². The molecule has 0 aliphatic carbocycles. The van der Waals surface area contributed by atoms with E-state index in [0.717, 1.165) is 10.2 Å². The van der Waals surface area contributed by atoms with E-state index in [1.165, 1.54) is 6.08 Å². The zero-order valence-electron chi connectivity index (χ0n) is 9.72. The van der Waals surface area contributed by atoms with Crippen molar-refractivity contribution in [3.63, 3.8) is 0 Å². The maximum atomic E-state index is 8.65. The second kappa shape index (κ2) is 5.90. The van der Waals surface area contributed by atoms with Crippen LogP contribution in [0, 0.1) is 22.7 Å². The molecule has 1 aromatic heterocycles. The molecule has 4 nitrogen and oxygen atoms in total. The predicted molar refractivity (Wildman–Crippen MR) is 75.3 cm³/mol. The van der Waals surface area contributed by atoms with Gasteiger partial charge in [-0.05, 0) is 30.3 Å². The summed E-state index contributed by atoms with van der Waals surface area (Å²) < 4.78 is 6.44. The Hall–Kier alpha value is -2.50. The van der Waals surface area contributed by atoms with E-state index in [4.69, 9.17) is 14.9 Å². The first kappa shape index (κ1) is 12.9. The maximum Gasteiger partial charge on any atom is 0.197 e. The monoisotopic (exact) mass is 313 g/mol. The second-order valence-corrected chi connectivity index (χ2v) is 4.53. The van der Waals surface area contributed by atoms with Crippen LogP contribution in [0.3, 0.4) is 0 Å². The van der Waals surface area contributed by atoms with Crippen molar-refractivity contribution >= 4 is 33.6 Å². The van der Waals surface area contributed by atoms with Crippen LogP contribution in [0.15, 0.2) is 50.9 Å². The Morgan fingerprint density at radius 3 is 2.42 bits per heavy atom. The molecule has 0 saturated heterocycles. The highest BCUT2D eigenvalue weighted by molar-refractivity contribution is 9.10. The lowest BCUT2D eigenvalue weighted by Gasteiger charge is -2.02. The molecule has 0 atom stereocenters. The van der Waals surface area contributed by atoms with E-state index in [-0.39, 0.29) is 5.57 Å². The molecule has 0 aliphatic rings. The highest BCUT2D eigenvalue weighted by Crippen LogP contribution is 2.22. The smallest absolute Gasteiger partial charge is 0.197 e. The van der Waals surface area contributed by atoms with Crippen LogP contribution in [-0.4, -0.2) is 0 Å². The molecule has 0 unspecified atom stereocenters. The summed E-state index contributed by atoms with van der Waals surface area (Å²) in [6.07, 6.45) is 1.40. The molecule has 0 saturated carbocycles. The van der Waals surface area contributed by atoms with E-state index in [1.54, 1.807) is 24.3 Å². The Labute approximate surface area is 118 Å². The molecule has 1 heterocycles. The third-order valence-electron chi connectivity index (χ3n) is 2.27. The number of furan rings is 1. The molecule has 0 aliphatic heterocycles. The number of allylic oxidation sites excluding steroid dienone is 1. The van der Waals surface area contributed by atoms with Gasteiger partial charge in [-0.15, -0.1) is 0 Å². The molecule has 19 heavy (non-hydrogen) atoms. The van der Waals surface area contributed by atoms with Crippen molar-refractivity contribution in [1.82, 2.24) is 0 Å². The van der Waals surface area contributed by atoms with Gasteiger partial charge in [0.2, 0.25) is 0 Å².